The fraction of sp³-hybridized carbons (Fsp3) is 0.353. The zero-order chi connectivity index (χ0) is 16.5. The Morgan fingerprint density at radius 3 is 3.08 bits per heavy atom. The second kappa shape index (κ2) is 6.33. The first-order chi connectivity index (χ1) is 11.7. The number of hydrogen-bond acceptors (Lipinski definition) is 5. The van der Waals surface area contributed by atoms with E-state index in [-0.39, 0.29) is 11.9 Å². The number of amides is 1. The number of fused-ring (bicyclic) bond motifs is 1. The molecule has 3 aromatic rings. The number of nitrogens with zero attached hydrogens (tertiary/aromatic N) is 3. The van der Waals surface area contributed by atoms with Crippen LogP contribution in [-0.2, 0) is 6.54 Å². The molecule has 7 heteroatoms. The Bertz CT molecular complexity index is 832. The molecule has 1 saturated heterocycles. The van der Waals surface area contributed by atoms with E-state index >= 15 is 0 Å². The van der Waals surface area contributed by atoms with E-state index in [0.29, 0.717) is 12.2 Å². The lowest BCUT2D eigenvalue weighted by Crippen LogP contribution is -2.26. The van der Waals surface area contributed by atoms with Crippen LogP contribution in [-0.4, -0.2) is 39.6 Å². The topological polar surface area (TPSA) is 73.9 Å². The molecule has 6 nitrogen and oxygen atoms in total. The number of rotatable bonds is 4. The molecule has 0 aliphatic carbocycles. The molecular weight excluding hydrogens is 322 g/mol. The molecule has 1 atom stereocenters. The summed E-state index contributed by atoms with van der Waals surface area (Å²) in [5.74, 6) is -0.0882. The molecule has 0 saturated carbocycles. The van der Waals surface area contributed by atoms with Crippen molar-refractivity contribution in [3.8, 4) is 0 Å². The molecule has 1 unspecified atom stereocenters. The molecule has 2 N–H and O–H groups in total. The predicted octanol–water partition coefficient (Wildman–Crippen LogP) is 2.72. The van der Waals surface area contributed by atoms with Gasteiger partial charge in [0.15, 0.2) is 0 Å². The van der Waals surface area contributed by atoms with Gasteiger partial charge in [0.2, 0.25) is 0 Å². The van der Waals surface area contributed by atoms with Gasteiger partial charge < -0.3 is 10.2 Å². The van der Waals surface area contributed by atoms with Gasteiger partial charge in [-0.15, -0.1) is 11.3 Å². The second-order valence-electron chi connectivity index (χ2n) is 6.09. The monoisotopic (exact) mass is 341 g/mol. The first kappa shape index (κ1) is 15.3. The summed E-state index contributed by atoms with van der Waals surface area (Å²) >= 11 is 1.62. The number of carbonyl (C=O) groups is 1. The SMILES string of the molecule is CN(Cc1nc2ccccc2s1)C(=O)c1cc(C2CCCN2)[nH]n1. The standard InChI is InChI=1S/C17H19N5OS/c1-22(10-16-19-12-5-2-3-7-15(12)24-16)17(23)14-9-13(20-21-14)11-6-4-8-18-11/h2-3,5,7,9,11,18H,4,6,8,10H2,1H3,(H,20,21). The Morgan fingerprint density at radius 2 is 2.29 bits per heavy atom. The third kappa shape index (κ3) is 2.92. The van der Waals surface area contributed by atoms with Crippen molar-refractivity contribution in [2.75, 3.05) is 13.6 Å². The normalized spacial score (nSPS) is 17.5. The highest BCUT2D eigenvalue weighted by Gasteiger charge is 2.22. The Kier molecular flexibility index (Phi) is 4.03. The highest BCUT2D eigenvalue weighted by molar-refractivity contribution is 7.18. The maximum absolute atomic E-state index is 12.6. The van der Waals surface area contributed by atoms with Crippen LogP contribution in [0.5, 0.6) is 0 Å². The number of aromatic nitrogens is 3. The van der Waals surface area contributed by atoms with E-state index in [1.807, 2.05) is 30.3 Å². The van der Waals surface area contributed by atoms with Crippen molar-refractivity contribution < 1.29 is 4.79 Å². The number of nitrogens with one attached hydrogen (secondary N) is 2. The number of hydrogen-bond donors (Lipinski definition) is 2. The first-order valence-electron chi connectivity index (χ1n) is 8.09. The van der Waals surface area contributed by atoms with Gasteiger partial charge in [-0.1, -0.05) is 12.1 Å². The number of carbonyl (C=O) groups excluding carboxylic acids is 1. The molecule has 0 bridgehead atoms. The molecule has 0 radical (unpaired) electrons. The first-order valence-corrected chi connectivity index (χ1v) is 8.91. The minimum atomic E-state index is -0.0882. The summed E-state index contributed by atoms with van der Waals surface area (Å²) in [6.45, 7) is 1.51. The zero-order valence-corrected chi connectivity index (χ0v) is 14.3. The van der Waals surface area contributed by atoms with Gasteiger partial charge in [-0.3, -0.25) is 9.89 Å². The summed E-state index contributed by atoms with van der Waals surface area (Å²) < 4.78 is 1.14. The average molecular weight is 341 g/mol. The minimum Gasteiger partial charge on any atom is -0.334 e. The average Bonchev–Trinajstić information content (AvgIpc) is 3.32. The molecule has 3 heterocycles. The fourth-order valence-corrected chi connectivity index (χ4v) is 4.05. The van der Waals surface area contributed by atoms with Gasteiger partial charge in [-0.25, -0.2) is 4.98 Å². The molecule has 1 amide bonds. The quantitative estimate of drug-likeness (QED) is 0.765. The van der Waals surface area contributed by atoms with E-state index in [1.54, 1.807) is 23.3 Å². The number of benzene rings is 1. The molecule has 124 valence electrons. The highest BCUT2D eigenvalue weighted by atomic mass is 32.1. The maximum Gasteiger partial charge on any atom is 0.274 e. The lowest BCUT2D eigenvalue weighted by molar-refractivity contribution is 0.0779. The van der Waals surface area contributed by atoms with Crippen molar-refractivity contribution in [3.05, 3.63) is 46.7 Å². The molecule has 0 spiro atoms. The number of H-pyrrole nitrogens is 1. The summed E-state index contributed by atoms with van der Waals surface area (Å²) in [5.41, 5.74) is 2.43. The van der Waals surface area contributed by atoms with Crippen LogP contribution in [0.15, 0.2) is 30.3 Å². The number of para-hydroxylation sites is 1. The summed E-state index contributed by atoms with van der Waals surface area (Å²) in [5, 5.41) is 11.5. The van der Waals surface area contributed by atoms with Gasteiger partial charge in [0, 0.05) is 13.1 Å². The Balaban J connectivity index is 1.47. The van der Waals surface area contributed by atoms with Crippen molar-refractivity contribution in [3.63, 3.8) is 0 Å². The van der Waals surface area contributed by atoms with Crippen LogP contribution >= 0.6 is 11.3 Å². The molecular formula is C17H19N5OS. The minimum absolute atomic E-state index is 0.0882. The molecule has 1 aliphatic heterocycles. The van der Waals surface area contributed by atoms with Crippen LogP contribution in [0.25, 0.3) is 10.2 Å². The molecule has 1 aliphatic rings. The fourth-order valence-electron chi connectivity index (χ4n) is 3.03. The van der Waals surface area contributed by atoms with Crippen LogP contribution < -0.4 is 5.32 Å². The smallest absolute Gasteiger partial charge is 0.274 e. The van der Waals surface area contributed by atoms with Gasteiger partial charge in [-0.05, 0) is 37.6 Å². The van der Waals surface area contributed by atoms with Crippen molar-refractivity contribution >= 4 is 27.5 Å². The summed E-state index contributed by atoms with van der Waals surface area (Å²) in [4.78, 5) is 18.8. The van der Waals surface area contributed by atoms with Crippen molar-refractivity contribution in [2.45, 2.75) is 25.4 Å². The van der Waals surface area contributed by atoms with Crippen LogP contribution in [0.4, 0.5) is 0 Å². The second-order valence-corrected chi connectivity index (χ2v) is 7.21. The zero-order valence-electron chi connectivity index (χ0n) is 13.5. The van der Waals surface area contributed by atoms with Gasteiger partial charge in [0.05, 0.1) is 22.5 Å². The van der Waals surface area contributed by atoms with Gasteiger partial charge in [0.1, 0.15) is 10.7 Å². The van der Waals surface area contributed by atoms with Crippen LogP contribution in [0, 0.1) is 0 Å². The molecule has 4 rings (SSSR count). The van der Waals surface area contributed by atoms with E-state index < -0.39 is 0 Å². The molecule has 24 heavy (non-hydrogen) atoms. The van der Waals surface area contributed by atoms with E-state index in [0.717, 1.165) is 40.3 Å². The summed E-state index contributed by atoms with van der Waals surface area (Å²) in [6, 6.07) is 10.2. The van der Waals surface area contributed by atoms with E-state index in [2.05, 4.69) is 20.5 Å². The van der Waals surface area contributed by atoms with Gasteiger partial charge >= 0.3 is 0 Å². The van der Waals surface area contributed by atoms with Gasteiger partial charge in [0.25, 0.3) is 5.91 Å². The molecule has 2 aromatic heterocycles. The van der Waals surface area contributed by atoms with Crippen LogP contribution in [0.2, 0.25) is 0 Å². The Morgan fingerprint density at radius 1 is 1.42 bits per heavy atom. The maximum atomic E-state index is 12.6. The van der Waals surface area contributed by atoms with E-state index in [1.165, 1.54) is 0 Å². The van der Waals surface area contributed by atoms with Crippen molar-refractivity contribution in [2.24, 2.45) is 0 Å². The van der Waals surface area contributed by atoms with E-state index in [9.17, 15) is 4.79 Å². The van der Waals surface area contributed by atoms with Gasteiger partial charge in [-0.2, -0.15) is 5.10 Å². The third-order valence-corrected chi connectivity index (χ3v) is 5.33. The van der Waals surface area contributed by atoms with Crippen molar-refractivity contribution in [1.82, 2.24) is 25.4 Å². The Hall–Kier alpha value is -2.25. The Labute approximate surface area is 143 Å². The molecule has 1 fully saturated rings. The van der Waals surface area contributed by atoms with Crippen LogP contribution in [0.3, 0.4) is 0 Å². The highest BCUT2D eigenvalue weighted by Crippen LogP contribution is 2.24. The molecule has 1 aromatic carbocycles. The number of aromatic amines is 1. The largest absolute Gasteiger partial charge is 0.334 e. The van der Waals surface area contributed by atoms with Crippen molar-refractivity contribution in [1.29, 1.82) is 0 Å². The lowest BCUT2D eigenvalue weighted by atomic mass is 10.1. The predicted molar refractivity (Wildman–Crippen MR) is 94.0 cm³/mol. The third-order valence-electron chi connectivity index (χ3n) is 4.31. The van der Waals surface area contributed by atoms with Crippen LogP contribution in [0.1, 0.15) is 40.1 Å². The number of thiazole rings is 1. The van der Waals surface area contributed by atoms with E-state index in [4.69, 9.17) is 0 Å². The summed E-state index contributed by atoms with van der Waals surface area (Å²) in [6.07, 6.45) is 2.24. The lowest BCUT2D eigenvalue weighted by Gasteiger charge is -2.13. The summed E-state index contributed by atoms with van der Waals surface area (Å²) in [7, 11) is 1.79.